The van der Waals surface area contributed by atoms with E-state index in [4.69, 9.17) is 198 Å². The molecule has 4 aliphatic rings. The van der Waals surface area contributed by atoms with Crippen LogP contribution in [-0.4, -0.2) is 64.7 Å². The molecule has 0 bridgehead atoms. The number of halogens is 14. The quantitative estimate of drug-likeness (QED) is 0.0253. The summed E-state index contributed by atoms with van der Waals surface area (Å²) in [7, 11) is -10.9. The molecule has 9 atom stereocenters. The third-order valence-corrected chi connectivity index (χ3v) is 31.1. The summed E-state index contributed by atoms with van der Waals surface area (Å²) in [6.07, 6.45) is 0.843. The van der Waals surface area contributed by atoms with E-state index in [1.165, 1.54) is 35.4 Å². The molecule has 2 saturated heterocycles. The Labute approximate surface area is 901 Å². The van der Waals surface area contributed by atoms with Crippen molar-refractivity contribution in [1.29, 1.82) is 0 Å². The van der Waals surface area contributed by atoms with Gasteiger partial charge in [0.15, 0.2) is 0 Å². The van der Waals surface area contributed by atoms with Crippen molar-refractivity contribution in [2.75, 3.05) is 5.75 Å². The number of rotatable bonds is 17. The standard InChI is InChI=1S/C17H15Cl2NS.C16H15Cl2NO2S.C15H12Cl2N2O2S.2C15H16Cl2N2.C14H8Cl2N2O2S.C14H8Cl2O2/c1-17(12-4-8-14(19)9-5-12)15(10-16(21)20-17)11-2-6-13(18)7-3-11;1-16(12-4-8-14(18)9-5-12)15(10-22(20,21)19-16)11-2-6-13(17)7-3-11;1-15(11-4-8-13(17)9-5-11)14(18-22(20,21)19-15)10-2-6-12(16)7-3-10;2*1-15(19,11-4-8-13(17)9-5-11)14(18)10-2-6-12(16)7-3-10;15-11-5-1-9(2-6-11)13-14(18-21(19,20)17-13)10-3-7-12(16)8-4-10;15-11-5-1-9(2-6-11)13(17)14(18)10-3-7-12(16)8-4-10/h2-9,15H,10H2,1H3,(H,20,21);2-9,15,19H,10H2,1H3;2-9,19H,1H3;2*2-9,14H,18-19H2,1H3;1-8H;1-8H/t15-,17+;;;14-,15+;;;/m1..1.../s1. The summed E-state index contributed by atoms with van der Waals surface area (Å²) in [4.78, 5) is 24.7. The second-order valence-electron chi connectivity index (χ2n) is 34.1. The van der Waals surface area contributed by atoms with Gasteiger partial charge in [0.25, 0.3) is 0 Å². The second-order valence-corrected chi connectivity index (χ2v) is 45.0. The monoisotopic (exact) mass is 2250 g/mol. The van der Waals surface area contributed by atoms with Crippen LogP contribution < -0.4 is 37.7 Å². The molecule has 0 saturated carbocycles. The Balaban J connectivity index is 0.000000148. The molecule has 14 aromatic rings. The molecule has 4 heterocycles. The molecule has 142 heavy (non-hydrogen) atoms. The molecule has 18 nitrogen and oxygen atoms in total. The molecule has 2 fully saturated rings. The maximum Gasteiger partial charge on any atom is 0.364 e. The summed E-state index contributed by atoms with van der Waals surface area (Å²) in [5.41, 5.74) is 34.5. The number of nitrogens with zero attached hydrogens (tertiary/aromatic N) is 3. The topological polar surface area (TPSA) is 314 Å². The van der Waals surface area contributed by atoms with Crippen molar-refractivity contribution < 1.29 is 34.8 Å². The highest BCUT2D eigenvalue weighted by Gasteiger charge is 2.49. The lowest BCUT2D eigenvalue weighted by Crippen LogP contribution is -2.44. The van der Waals surface area contributed by atoms with Crippen LogP contribution in [-0.2, 0) is 58.1 Å². The van der Waals surface area contributed by atoms with E-state index in [-0.39, 0.29) is 35.2 Å². The molecule has 14 aromatic carbocycles. The minimum Gasteiger partial charge on any atom is -0.370 e. The van der Waals surface area contributed by atoms with Crippen LogP contribution in [0.2, 0.25) is 70.3 Å². The van der Waals surface area contributed by atoms with E-state index in [1.807, 2.05) is 166 Å². The van der Waals surface area contributed by atoms with Gasteiger partial charge in [0, 0.05) is 111 Å². The highest BCUT2D eigenvalue weighted by molar-refractivity contribution is 7.90. The highest BCUT2D eigenvalue weighted by Crippen LogP contribution is 2.47. The van der Waals surface area contributed by atoms with Crippen LogP contribution in [0.15, 0.2) is 353 Å². The Morgan fingerprint density at radius 3 is 0.930 bits per heavy atom. The first-order chi connectivity index (χ1) is 66.9. The smallest absolute Gasteiger partial charge is 0.364 e. The van der Waals surface area contributed by atoms with Crippen LogP contribution in [0.5, 0.6) is 0 Å². The largest absolute Gasteiger partial charge is 0.370 e. The zero-order chi connectivity index (χ0) is 103. The van der Waals surface area contributed by atoms with Gasteiger partial charge in [-0.05, 0) is 284 Å². The van der Waals surface area contributed by atoms with Crippen LogP contribution in [0.4, 0.5) is 0 Å². The maximum absolute atomic E-state index is 12.2. The predicted molar refractivity (Wildman–Crippen MR) is 591 cm³/mol. The van der Waals surface area contributed by atoms with Crippen molar-refractivity contribution in [1.82, 2.24) is 14.8 Å². The number of carbonyl (C=O) groups excluding carboxylic acids is 2. The Bertz CT molecular complexity index is 7070. The summed E-state index contributed by atoms with van der Waals surface area (Å²) in [6, 6.07) is 99.4. The number of ketones is 2. The van der Waals surface area contributed by atoms with E-state index >= 15 is 0 Å². The fourth-order valence-electron chi connectivity index (χ4n) is 15.9. The van der Waals surface area contributed by atoms with E-state index in [0.29, 0.717) is 105 Å². The zero-order valence-electron chi connectivity index (χ0n) is 75.9. The van der Waals surface area contributed by atoms with Crippen molar-refractivity contribution in [3.8, 4) is 0 Å². The van der Waals surface area contributed by atoms with E-state index in [0.717, 1.165) is 60.4 Å². The van der Waals surface area contributed by atoms with Crippen molar-refractivity contribution in [3.63, 3.8) is 0 Å². The summed E-state index contributed by atoms with van der Waals surface area (Å²) in [6.45, 7) is 9.69. The number of benzene rings is 14. The Hall–Kier alpha value is -9.01. The average molecular weight is 2260 g/mol. The van der Waals surface area contributed by atoms with E-state index in [2.05, 4.69) is 59.1 Å². The number of hydrogen-bond acceptors (Lipinski definition) is 13. The Morgan fingerprint density at radius 2 is 0.606 bits per heavy atom. The van der Waals surface area contributed by atoms with Gasteiger partial charge in [-0.2, -0.15) is 26.0 Å². The van der Waals surface area contributed by atoms with Crippen LogP contribution in [0, 0.1) is 0 Å². The number of hydrogen-bond donors (Lipinski definition) is 7. The van der Waals surface area contributed by atoms with Gasteiger partial charge in [0.2, 0.25) is 21.6 Å². The second kappa shape index (κ2) is 48.1. The van der Waals surface area contributed by atoms with Crippen molar-refractivity contribution in [2.45, 2.75) is 92.7 Å². The first-order valence-electron chi connectivity index (χ1n) is 43.1. The summed E-state index contributed by atoms with van der Waals surface area (Å²) in [5, 5.41) is 12.3. The first-order valence-corrected chi connectivity index (χ1v) is 53.3. The van der Waals surface area contributed by atoms with Crippen molar-refractivity contribution in [2.24, 2.45) is 36.1 Å². The SMILES string of the molecule is CC(N)(c1ccc(Cl)cc1)C(N)c1ccc(Cl)cc1.CC1(c2ccc(Cl)cc2)NS(=O)(=O)CC1c1ccc(Cl)cc1.CC1(c2ccc(Cl)cc2)NS(=O)(=O)N=C1c1ccc(Cl)cc1.C[C@@]1(c2ccc(Cl)cc2)NC(=S)C[C@@H]1c1ccc(Cl)cc1.C[C@](N)(c1ccc(Cl)cc1)[C@H](N)c1ccc(Cl)cc1.O=C(C(=O)c1ccc(Cl)cc1)c1ccc(Cl)cc1.O=S1(=O)N=C(c2ccc(Cl)cc2)C(c2ccc(Cl)cc2)=N1. The molecule has 0 spiro atoms. The lowest BCUT2D eigenvalue weighted by atomic mass is 9.77. The molecule has 5 unspecified atom stereocenters. The van der Waals surface area contributed by atoms with E-state index in [9.17, 15) is 34.8 Å². The minimum atomic E-state index is -3.85. The number of carbonyl (C=O) groups is 2. The highest BCUT2D eigenvalue weighted by atomic mass is 35.5. The van der Waals surface area contributed by atoms with Crippen molar-refractivity contribution >= 4 is 239 Å². The maximum atomic E-state index is 12.2. The molecule has 0 aromatic heterocycles. The first kappa shape index (κ1) is 112. The fraction of sp³-hybridized carbons (Fsp3) is 0.151. The molecule has 4 aliphatic heterocycles. The molecule has 36 heteroatoms. The molecular formula is C106H90Cl14N10O8S4. The van der Waals surface area contributed by atoms with Crippen LogP contribution in [0.1, 0.15) is 152 Å². The third kappa shape index (κ3) is 29.1. The van der Waals surface area contributed by atoms with Crippen LogP contribution in [0.25, 0.3) is 0 Å². The average Bonchev–Trinajstić information content (AvgIpc) is 1.60. The predicted octanol–water partition coefficient (Wildman–Crippen LogP) is 28.1. The zero-order valence-corrected chi connectivity index (χ0v) is 89.7. The molecule has 0 amide bonds. The molecule has 11 N–H and O–H groups in total. The van der Waals surface area contributed by atoms with Gasteiger partial charge >= 0.3 is 20.4 Å². The Kier molecular flexibility index (Phi) is 37.9. The van der Waals surface area contributed by atoms with E-state index in [1.54, 1.807) is 153 Å². The molecule has 0 aliphatic carbocycles. The minimum absolute atomic E-state index is 0.0494. The van der Waals surface area contributed by atoms with E-state index < -0.39 is 64.2 Å². The van der Waals surface area contributed by atoms with Gasteiger partial charge in [0.05, 0.1) is 50.7 Å². The normalized spacial score (nSPS) is 19.4. The molecular weight excluding hydrogens is 2170 g/mol. The van der Waals surface area contributed by atoms with Crippen LogP contribution in [0.3, 0.4) is 0 Å². The Morgan fingerprint density at radius 1 is 0.345 bits per heavy atom. The number of thiocarbonyl (C=S) groups is 1. The summed E-state index contributed by atoms with van der Waals surface area (Å²) >= 11 is 87.8. The van der Waals surface area contributed by atoms with Gasteiger partial charge in [-0.15, -0.1) is 8.80 Å². The van der Waals surface area contributed by atoms with Gasteiger partial charge in [-0.1, -0.05) is 320 Å². The summed E-state index contributed by atoms with van der Waals surface area (Å²) < 4.78 is 88.4. The van der Waals surface area contributed by atoms with Crippen molar-refractivity contribution in [3.05, 3.63) is 488 Å². The van der Waals surface area contributed by atoms with Gasteiger partial charge < -0.3 is 28.3 Å². The number of Topliss-reactive ketones (excluding diaryl/α,β-unsaturated/α-hetero) is 2. The summed E-state index contributed by atoms with van der Waals surface area (Å²) in [5.74, 6) is -0.990. The molecule has 18 rings (SSSR count). The molecule has 734 valence electrons. The van der Waals surface area contributed by atoms with Gasteiger partial charge in [-0.3, -0.25) is 9.59 Å². The lowest BCUT2D eigenvalue weighted by Gasteiger charge is -2.32. The van der Waals surface area contributed by atoms with Gasteiger partial charge in [0.1, 0.15) is 17.0 Å². The fourth-order valence-corrected chi connectivity index (χ4v) is 22.2. The number of nitrogens with two attached hydrogens (primary N) is 4. The molecule has 0 radical (unpaired) electrons. The van der Waals surface area contributed by atoms with Gasteiger partial charge in [-0.25, -0.2) is 13.1 Å². The number of nitrogens with one attached hydrogen (secondary N) is 3. The number of sulfonamides is 1. The lowest BCUT2D eigenvalue weighted by molar-refractivity contribution is 0.0817. The third-order valence-electron chi connectivity index (χ3n) is 23.9. The van der Waals surface area contributed by atoms with Crippen LogP contribution >= 0.6 is 175 Å².